The molecule has 1 fully saturated rings. The van der Waals surface area contributed by atoms with Crippen LogP contribution < -0.4 is 0 Å². The molecule has 1 aliphatic rings. The summed E-state index contributed by atoms with van der Waals surface area (Å²) in [4.78, 5) is 20.5. The van der Waals surface area contributed by atoms with Gasteiger partial charge in [-0.1, -0.05) is 53.6 Å². The Morgan fingerprint density at radius 2 is 1.65 bits per heavy atom. The maximum Gasteiger partial charge on any atom is 0.450 e. The molecule has 3 heterocycles. The van der Waals surface area contributed by atoms with Crippen LogP contribution in [0.3, 0.4) is 0 Å². The fourth-order valence-electron chi connectivity index (χ4n) is 4.60. The summed E-state index contributed by atoms with van der Waals surface area (Å²) in [6, 6.07) is 17.0. The van der Waals surface area contributed by atoms with Gasteiger partial charge < -0.3 is 9.32 Å². The molecule has 0 aliphatic carbocycles. The van der Waals surface area contributed by atoms with E-state index in [0.29, 0.717) is 31.0 Å². The lowest BCUT2D eigenvalue weighted by Crippen LogP contribution is -2.38. The van der Waals surface area contributed by atoms with Gasteiger partial charge in [-0.05, 0) is 50.5 Å². The highest BCUT2D eigenvalue weighted by Crippen LogP contribution is 2.42. The zero-order valence-corrected chi connectivity index (χ0v) is 21.8. The van der Waals surface area contributed by atoms with Gasteiger partial charge in [0.05, 0.1) is 21.1 Å². The van der Waals surface area contributed by atoms with E-state index in [1.165, 1.54) is 23.5 Å². The molecule has 2 aromatic carbocycles. The molecule has 0 radical (unpaired) electrons. The number of likely N-dealkylation sites (tertiary alicyclic amines) is 1. The first kappa shape index (κ1) is 25.5. The van der Waals surface area contributed by atoms with E-state index >= 15 is 0 Å². The summed E-state index contributed by atoms with van der Waals surface area (Å²) in [5.41, 5.74) is 3.65. The number of hydrogen-bond acceptors (Lipinski definition) is 4. The lowest BCUT2D eigenvalue weighted by Gasteiger charge is -2.31. The van der Waals surface area contributed by atoms with Crippen LogP contribution in [-0.2, 0) is 6.18 Å². The Labute approximate surface area is 221 Å². The van der Waals surface area contributed by atoms with Crippen molar-refractivity contribution in [3.05, 3.63) is 87.3 Å². The maximum absolute atomic E-state index is 13.4. The molecule has 0 saturated carbocycles. The van der Waals surface area contributed by atoms with E-state index in [4.69, 9.17) is 21.0 Å². The summed E-state index contributed by atoms with van der Waals surface area (Å²) in [5, 5.41) is 1.61. The Morgan fingerprint density at radius 1 is 1.03 bits per heavy atom. The van der Waals surface area contributed by atoms with Gasteiger partial charge in [0.1, 0.15) is 5.76 Å². The van der Waals surface area contributed by atoms with Crippen LogP contribution in [-0.4, -0.2) is 28.9 Å². The first-order valence-electron chi connectivity index (χ1n) is 11.9. The number of halogens is 4. The number of carbonyl (C=O) groups excluding carboxylic acids is 1. The van der Waals surface area contributed by atoms with Crippen molar-refractivity contribution in [3.8, 4) is 21.7 Å². The fraction of sp³-hybridized carbons (Fsp3) is 0.286. The number of alkyl halides is 3. The topological polar surface area (TPSA) is 46.3 Å². The molecule has 4 aromatic rings. The van der Waals surface area contributed by atoms with E-state index in [1.807, 2.05) is 31.2 Å². The van der Waals surface area contributed by atoms with Crippen molar-refractivity contribution in [2.45, 2.75) is 38.8 Å². The predicted molar refractivity (Wildman–Crippen MR) is 139 cm³/mol. The molecule has 0 spiro atoms. The van der Waals surface area contributed by atoms with Gasteiger partial charge in [0.2, 0.25) is 5.76 Å². The van der Waals surface area contributed by atoms with Crippen LogP contribution >= 0.6 is 22.9 Å². The lowest BCUT2D eigenvalue weighted by molar-refractivity contribution is -0.153. The number of furan rings is 1. The number of aromatic nitrogens is 1. The van der Waals surface area contributed by atoms with Gasteiger partial charge in [-0.3, -0.25) is 4.79 Å². The molecule has 37 heavy (non-hydrogen) atoms. The minimum Gasteiger partial charge on any atom is -0.456 e. The second kappa shape index (κ2) is 9.99. The number of rotatable bonds is 4. The minimum atomic E-state index is -4.72. The van der Waals surface area contributed by atoms with Crippen LogP contribution in [0.4, 0.5) is 13.2 Å². The molecular weight excluding hydrogens is 521 g/mol. The van der Waals surface area contributed by atoms with Crippen LogP contribution in [0.1, 0.15) is 51.2 Å². The number of aryl methyl sites for hydroxylation is 2. The molecule has 5 rings (SSSR count). The summed E-state index contributed by atoms with van der Waals surface area (Å²) in [6.45, 7) is 4.14. The Morgan fingerprint density at radius 3 is 2.27 bits per heavy atom. The summed E-state index contributed by atoms with van der Waals surface area (Å²) < 4.78 is 44.9. The van der Waals surface area contributed by atoms with Crippen molar-refractivity contribution in [3.63, 3.8) is 0 Å². The van der Waals surface area contributed by atoms with Crippen LogP contribution in [0.5, 0.6) is 0 Å². The molecule has 1 saturated heterocycles. The molecular formula is C28H24ClF3N2O2S. The number of amides is 1. The van der Waals surface area contributed by atoms with E-state index in [2.05, 4.69) is 24.3 Å². The average Bonchev–Trinajstić information content (AvgIpc) is 3.49. The average molecular weight is 545 g/mol. The molecule has 1 aliphatic heterocycles. The smallest absolute Gasteiger partial charge is 0.450 e. The Bertz CT molecular complexity index is 1350. The minimum absolute atomic E-state index is 0.0618. The molecule has 0 bridgehead atoms. The maximum atomic E-state index is 13.4. The summed E-state index contributed by atoms with van der Waals surface area (Å²) in [7, 11) is 0. The van der Waals surface area contributed by atoms with Crippen molar-refractivity contribution in [1.82, 2.24) is 9.88 Å². The first-order chi connectivity index (χ1) is 17.6. The third-order valence-corrected chi connectivity index (χ3v) is 8.07. The van der Waals surface area contributed by atoms with Crippen LogP contribution in [0.15, 0.2) is 59.0 Å². The highest BCUT2D eigenvalue weighted by Gasteiger charge is 2.41. The van der Waals surface area contributed by atoms with Gasteiger partial charge in [0, 0.05) is 29.6 Å². The van der Waals surface area contributed by atoms with Gasteiger partial charge in [-0.25, -0.2) is 4.98 Å². The highest BCUT2D eigenvalue weighted by molar-refractivity contribution is 7.15. The van der Waals surface area contributed by atoms with Gasteiger partial charge in [0.15, 0.2) is 0 Å². The first-order valence-corrected chi connectivity index (χ1v) is 13.1. The van der Waals surface area contributed by atoms with Crippen molar-refractivity contribution in [2.75, 3.05) is 13.1 Å². The SMILES string of the molecule is Cc1ccc(-c2sc(C3CCN(C(=O)c4cc(C)oc4C(F)(F)F)CC3)nc2-c2ccc(Cl)cc2)cc1. The van der Waals surface area contributed by atoms with Crippen LogP contribution in [0.2, 0.25) is 5.02 Å². The zero-order chi connectivity index (χ0) is 26.3. The number of benzene rings is 2. The Balaban J connectivity index is 1.39. The quantitative estimate of drug-likeness (QED) is 0.259. The van der Waals surface area contributed by atoms with Crippen molar-refractivity contribution >= 4 is 28.8 Å². The standard InChI is InChI=1S/C28H24ClF3N2O2S/c1-16-3-5-19(6-4-16)24-23(18-7-9-21(29)10-8-18)33-26(37-24)20-11-13-34(14-12-20)27(35)22-15-17(2)36-25(22)28(30,31)32/h3-10,15,20H,11-14H2,1-2H3. The van der Waals surface area contributed by atoms with Crippen molar-refractivity contribution < 1.29 is 22.4 Å². The summed E-state index contributed by atoms with van der Waals surface area (Å²) in [6.07, 6.45) is -3.49. The second-order valence-corrected chi connectivity index (χ2v) is 10.7. The van der Waals surface area contributed by atoms with Crippen LogP contribution in [0.25, 0.3) is 21.7 Å². The molecule has 0 N–H and O–H groups in total. The predicted octanol–water partition coefficient (Wildman–Crippen LogP) is 8.38. The van der Waals surface area contributed by atoms with Crippen molar-refractivity contribution in [2.24, 2.45) is 0 Å². The monoisotopic (exact) mass is 544 g/mol. The molecule has 1 amide bonds. The number of thiazole rings is 1. The van der Waals surface area contributed by atoms with Crippen molar-refractivity contribution in [1.29, 1.82) is 0 Å². The normalized spacial score (nSPS) is 14.8. The Hall–Kier alpha value is -3.10. The van der Waals surface area contributed by atoms with Crippen LogP contribution in [0, 0.1) is 13.8 Å². The molecule has 0 unspecified atom stereocenters. The molecule has 4 nitrogen and oxygen atoms in total. The largest absolute Gasteiger partial charge is 0.456 e. The van der Waals surface area contributed by atoms with Gasteiger partial charge in [0.25, 0.3) is 5.91 Å². The molecule has 2 aromatic heterocycles. The van der Waals surface area contributed by atoms with E-state index < -0.39 is 23.4 Å². The third kappa shape index (κ3) is 5.31. The zero-order valence-electron chi connectivity index (χ0n) is 20.2. The second-order valence-electron chi connectivity index (χ2n) is 9.27. The number of piperidine rings is 1. The highest BCUT2D eigenvalue weighted by atomic mass is 35.5. The molecule has 192 valence electrons. The Kier molecular flexibility index (Phi) is 6.89. The van der Waals surface area contributed by atoms with Gasteiger partial charge >= 0.3 is 6.18 Å². The summed E-state index contributed by atoms with van der Waals surface area (Å²) in [5.74, 6) is -1.71. The number of hydrogen-bond donors (Lipinski definition) is 0. The number of carbonyl (C=O) groups is 1. The lowest BCUT2D eigenvalue weighted by atomic mass is 9.96. The van der Waals surface area contributed by atoms with Gasteiger partial charge in [-0.15, -0.1) is 11.3 Å². The number of nitrogens with zero attached hydrogens (tertiary/aromatic N) is 2. The molecule has 0 atom stereocenters. The van der Waals surface area contributed by atoms with E-state index in [0.717, 1.165) is 26.7 Å². The molecule has 9 heteroatoms. The van der Waals surface area contributed by atoms with E-state index in [-0.39, 0.29) is 11.7 Å². The van der Waals surface area contributed by atoms with Gasteiger partial charge in [-0.2, -0.15) is 13.2 Å². The summed E-state index contributed by atoms with van der Waals surface area (Å²) >= 11 is 7.73. The van der Waals surface area contributed by atoms with E-state index in [9.17, 15) is 18.0 Å². The van der Waals surface area contributed by atoms with E-state index in [1.54, 1.807) is 11.3 Å². The fourth-order valence-corrected chi connectivity index (χ4v) is 5.99. The third-order valence-electron chi connectivity index (χ3n) is 6.55.